The molecule has 0 aromatic carbocycles. The molecule has 0 radical (unpaired) electrons. The standard InChI is InChI=1S/C10H20N2O4S/c1-4-17(14,15)12-7-5-11(6-8-12)9(2)10(13)16-3/h9H,4-8H2,1-3H3. The Morgan fingerprint density at radius 2 is 1.82 bits per heavy atom. The van der Waals surface area contributed by atoms with Crippen molar-refractivity contribution in [3.63, 3.8) is 0 Å². The van der Waals surface area contributed by atoms with Crippen molar-refractivity contribution in [1.29, 1.82) is 0 Å². The maximum absolute atomic E-state index is 11.6. The first kappa shape index (κ1) is 14.4. The Morgan fingerprint density at radius 3 is 2.24 bits per heavy atom. The highest BCUT2D eigenvalue weighted by atomic mass is 32.2. The first-order chi connectivity index (χ1) is 7.92. The van der Waals surface area contributed by atoms with E-state index < -0.39 is 10.0 Å². The van der Waals surface area contributed by atoms with E-state index in [1.165, 1.54) is 11.4 Å². The largest absolute Gasteiger partial charge is 0.468 e. The first-order valence-corrected chi connectivity index (χ1v) is 7.33. The number of hydrogen-bond donors (Lipinski definition) is 0. The number of methoxy groups -OCH3 is 1. The monoisotopic (exact) mass is 264 g/mol. The van der Waals surface area contributed by atoms with Crippen LogP contribution in [0.25, 0.3) is 0 Å². The van der Waals surface area contributed by atoms with Crippen LogP contribution in [0, 0.1) is 0 Å². The zero-order valence-electron chi connectivity index (χ0n) is 10.5. The molecule has 1 heterocycles. The Bertz CT molecular complexity index is 361. The third kappa shape index (κ3) is 3.40. The summed E-state index contributed by atoms with van der Waals surface area (Å²) in [5, 5.41) is 0. The highest BCUT2D eigenvalue weighted by Gasteiger charge is 2.30. The van der Waals surface area contributed by atoms with E-state index in [2.05, 4.69) is 4.74 Å². The van der Waals surface area contributed by atoms with Gasteiger partial charge in [0, 0.05) is 26.2 Å². The van der Waals surface area contributed by atoms with Crippen LogP contribution in [-0.2, 0) is 19.6 Å². The van der Waals surface area contributed by atoms with Gasteiger partial charge in [0.2, 0.25) is 10.0 Å². The molecule has 0 aromatic rings. The second-order valence-corrected chi connectivity index (χ2v) is 6.29. The maximum Gasteiger partial charge on any atom is 0.322 e. The van der Waals surface area contributed by atoms with Gasteiger partial charge in [0.05, 0.1) is 12.9 Å². The number of carbonyl (C=O) groups is 1. The van der Waals surface area contributed by atoms with Crippen molar-refractivity contribution in [2.24, 2.45) is 0 Å². The highest BCUT2D eigenvalue weighted by molar-refractivity contribution is 7.89. The molecule has 1 unspecified atom stereocenters. The Balaban J connectivity index is 2.54. The molecule has 100 valence electrons. The molecule has 17 heavy (non-hydrogen) atoms. The lowest BCUT2D eigenvalue weighted by molar-refractivity contribution is -0.146. The maximum atomic E-state index is 11.6. The third-order valence-corrected chi connectivity index (χ3v) is 5.00. The van der Waals surface area contributed by atoms with Gasteiger partial charge in [0.1, 0.15) is 6.04 Å². The molecule has 1 fully saturated rings. The van der Waals surface area contributed by atoms with Crippen LogP contribution in [0.3, 0.4) is 0 Å². The minimum absolute atomic E-state index is 0.125. The molecule has 1 atom stereocenters. The second-order valence-electron chi connectivity index (χ2n) is 4.03. The molecule has 7 heteroatoms. The Kier molecular flexibility index (Phi) is 4.91. The number of carbonyl (C=O) groups excluding carboxylic acids is 1. The van der Waals surface area contributed by atoms with Gasteiger partial charge in [-0.25, -0.2) is 8.42 Å². The quantitative estimate of drug-likeness (QED) is 0.641. The van der Waals surface area contributed by atoms with Crippen molar-refractivity contribution in [2.75, 3.05) is 39.0 Å². The Labute approximate surface area is 103 Å². The molecule has 0 bridgehead atoms. The van der Waals surface area contributed by atoms with E-state index in [0.29, 0.717) is 26.2 Å². The van der Waals surface area contributed by atoms with Gasteiger partial charge in [-0.05, 0) is 13.8 Å². The number of rotatable bonds is 4. The molecule has 1 aliphatic rings. The Morgan fingerprint density at radius 1 is 1.29 bits per heavy atom. The summed E-state index contributed by atoms with van der Waals surface area (Å²) in [4.78, 5) is 13.3. The molecule has 1 rings (SSSR count). The van der Waals surface area contributed by atoms with Crippen LogP contribution in [0.15, 0.2) is 0 Å². The highest BCUT2D eigenvalue weighted by Crippen LogP contribution is 2.11. The topological polar surface area (TPSA) is 66.9 Å². The lowest BCUT2D eigenvalue weighted by atomic mass is 10.2. The summed E-state index contributed by atoms with van der Waals surface area (Å²) in [6.07, 6.45) is 0. The van der Waals surface area contributed by atoms with Crippen LogP contribution in [0.5, 0.6) is 0 Å². The third-order valence-electron chi connectivity index (χ3n) is 3.12. The molecule has 6 nitrogen and oxygen atoms in total. The van der Waals surface area contributed by atoms with Crippen LogP contribution in [0.2, 0.25) is 0 Å². The average Bonchev–Trinajstić information content (AvgIpc) is 2.37. The van der Waals surface area contributed by atoms with Gasteiger partial charge in [-0.15, -0.1) is 0 Å². The summed E-state index contributed by atoms with van der Waals surface area (Å²) < 4.78 is 29.4. The lowest BCUT2D eigenvalue weighted by Crippen LogP contribution is -2.53. The summed E-state index contributed by atoms with van der Waals surface area (Å²) in [7, 11) is -1.75. The van der Waals surface area contributed by atoms with Crippen molar-refractivity contribution in [1.82, 2.24) is 9.21 Å². The van der Waals surface area contributed by atoms with E-state index in [-0.39, 0.29) is 17.8 Å². The van der Waals surface area contributed by atoms with Crippen LogP contribution in [-0.4, -0.2) is 68.7 Å². The molecule has 0 spiro atoms. The molecule has 1 aliphatic heterocycles. The average molecular weight is 264 g/mol. The fraction of sp³-hybridized carbons (Fsp3) is 0.900. The van der Waals surface area contributed by atoms with Crippen LogP contribution >= 0.6 is 0 Å². The molecule has 0 saturated carbocycles. The number of ether oxygens (including phenoxy) is 1. The second kappa shape index (κ2) is 5.79. The summed E-state index contributed by atoms with van der Waals surface area (Å²) in [5.41, 5.74) is 0. The summed E-state index contributed by atoms with van der Waals surface area (Å²) >= 11 is 0. The van der Waals surface area contributed by atoms with Gasteiger partial charge < -0.3 is 4.74 Å². The van der Waals surface area contributed by atoms with Gasteiger partial charge in [-0.3, -0.25) is 9.69 Å². The number of esters is 1. The molecule has 0 aromatic heterocycles. The molecule has 1 saturated heterocycles. The first-order valence-electron chi connectivity index (χ1n) is 5.72. The number of sulfonamides is 1. The fourth-order valence-electron chi connectivity index (χ4n) is 1.87. The molecule has 0 aliphatic carbocycles. The van der Waals surface area contributed by atoms with Gasteiger partial charge in [-0.2, -0.15) is 4.31 Å². The van der Waals surface area contributed by atoms with E-state index in [1.807, 2.05) is 4.90 Å². The molecular formula is C10H20N2O4S. The van der Waals surface area contributed by atoms with Crippen molar-refractivity contribution < 1.29 is 17.9 Å². The molecule has 0 amide bonds. The van der Waals surface area contributed by atoms with Crippen molar-refractivity contribution in [3.8, 4) is 0 Å². The predicted molar refractivity (Wildman–Crippen MR) is 64.1 cm³/mol. The minimum Gasteiger partial charge on any atom is -0.468 e. The normalized spacial score (nSPS) is 21.1. The van der Waals surface area contributed by atoms with E-state index in [1.54, 1.807) is 13.8 Å². The van der Waals surface area contributed by atoms with Crippen molar-refractivity contribution >= 4 is 16.0 Å². The molecular weight excluding hydrogens is 244 g/mol. The fourth-order valence-corrected chi connectivity index (χ4v) is 2.96. The predicted octanol–water partition coefficient (Wildman–Crippen LogP) is -0.485. The molecule has 0 N–H and O–H groups in total. The SMILES string of the molecule is CCS(=O)(=O)N1CCN(C(C)C(=O)OC)CC1. The van der Waals surface area contributed by atoms with Gasteiger partial charge in [0.15, 0.2) is 0 Å². The van der Waals surface area contributed by atoms with E-state index >= 15 is 0 Å². The summed E-state index contributed by atoms with van der Waals surface area (Å²) in [6, 6.07) is -0.313. The lowest BCUT2D eigenvalue weighted by Gasteiger charge is -2.36. The van der Waals surface area contributed by atoms with Crippen LogP contribution < -0.4 is 0 Å². The van der Waals surface area contributed by atoms with Gasteiger partial charge in [0.25, 0.3) is 0 Å². The number of hydrogen-bond acceptors (Lipinski definition) is 5. The van der Waals surface area contributed by atoms with Crippen LogP contribution in [0.1, 0.15) is 13.8 Å². The van der Waals surface area contributed by atoms with Gasteiger partial charge in [-0.1, -0.05) is 0 Å². The number of piperazine rings is 1. The van der Waals surface area contributed by atoms with Crippen molar-refractivity contribution in [3.05, 3.63) is 0 Å². The summed E-state index contributed by atoms with van der Waals surface area (Å²) in [5.74, 6) is -0.156. The smallest absolute Gasteiger partial charge is 0.322 e. The van der Waals surface area contributed by atoms with Gasteiger partial charge >= 0.3 is 5.97 Å². The van der Waals surface area contributed by atoms with E-state index in [0.717, 1.165) is 0 Å². The van der Waals surface area contributed by atoms with E-state index in [9.17, 15) is 13.2 Å². The Hall–Kier alpha value is -0.660. The minimum atomic E-state index is -3.11. The summed E-state index contributed by atoms with van der Waals surface area (Å²) in [6.45, 7) is 5.43. The van der Waals surface area contributed by atoms with Crippen molar-refractivity contribution in [2.45, 2.75) is 19.9 Å². The zero-order chi connectivity index (χ0) is 13.1. The zero-order valence-corrected chi connectivity index (χ0v) is 11.4. The van der Waals surface area contributed by atoms with Crippen LogP contribution in [0.4, 0.5) is 0 Å². The van der Waals surface area contributed by atoms with E-state index in [4.69, 9.17) is 0 Å². The number of nitrogens with zero attached hydrogens (tertiary/aromatic N) is 2.